The van der Waals surface area contributed by atoms with E-state index in [0.717, 1.165) is 13.1 Å². The maximum absolute atomic E-state index is 6.11. The molecule has 0 bridgehead atoms. The van der Waals surface area contributed by atoms with Crippen molar-refractivity contribution in [1.29, 1.82) is 0 Å². The van der Waals surface area contributed by atoms with Crippen LogP contribution >= 0.6 is 23.2 Å². The lowest BCUT2D eigenvalue weighted by Crippen LogP contribution is -2.28. The van der Waals surface area contributed by atoms with Crippen molar-refractivity contribution in [2.45, 2.75) is 18.9 Å². The summed E-state index contributed by atoms with van der Waals surface area (Å²) in [6.45, 7) is 2.63. The Morgan fingerprint density at radius 1 is 1.29 bits per heavy atom. The van der Waals surface area contributed by atoms with Crippen molar-refractivity contribution in [3.05, 3.63) is 52.3 Å². The third-order valence-corrected chi connectivity index (χ3v) is 4.41. The fraction of sp³-hybridized carbons (Fsp3) is 0.375. The van der Waals surface area contributed by atoms with Gasteiger partial charge in [0, 0.05) is 29.5 Å². The monoisotopic (exact) mass is 324 g/mol. The second kappa shape index (κ2) is 6.73. The molecule has 112 valence electrons. The first-order chi connectivity index (χ1) is 10.2. The van der Waals surface area contributed by atoms with Crippen LogP contribution in [0.4, 0.5) is 0 Å². The number of nitrogens with zero attached hydrogens (tertiary/aromatic N) is 1. The zero-order valence-corrected chi connectivity index (χ0v) is 13.2. The van der Waals surface area contributed by atoms with Gasteiger partial charge in [0.2, 0.25) is 0 Å². The van der Waals surface area contributed by atoms with Crippen LogP contribution in [0.25, 0.3) is 0 Å². The number of likely N-dealkylation sites (tertiary alicyclic amines) is 1. The van der Waals surface area contributed by atoms with Gasteiger partial charge in [-0.1, -0.05) is 23.2 Å². The van der Waals surface area contributed by atoms with Crippen LogP contribution in [0.2, 0.25) is 10.0 Å². The summed E-state index contributed by atoms with van der Waals surface area (Å²) in [4.78, 5) is 5.77. The lowest BCUT2D eigenvalue weighted by molar-refractivity contribution is 0.196. The first-order valence-corrected chi connectivity index (χ1v) is 7.95. The second-order valence-corrected chi connectivity index (χ2v) is 6.09. The molecule has 5 heteroatoms. The van der Waals surface area contributed by atoms with E-state index in [1.807, 2.05) is 12.3 Å². The van der Waals surface area contributed by atoms with Crippen LogP contribution in [-0.2, 0) is 0 Å². The molecule has 1 aliphatic heterocycles. The van der Waals surface area contributed by atoms with E-state index < -0.39 is 0 Å². The predicted octanol–water partition coefficient (Wildman–Crippen LogP) is 4.54. The number of aromatic nitrogens is 1. The minimum atomic E-state index is 0.476. The fourth-order valence-corrected chi connectivity index (χ4v) is 3.33. The highest BCUT2D eigenvalue weighted by Crippen LogP contribution is 2.31. The first kappa shape index (κ1) is 14.8. The third kappa shape index (κ3) is 3.54. The quantitative estimate of drug-likeness (QED) is 0.874. The van der Waals surface area contributed by atoms with Gasteiger partial charge in [0.25, 0.3) is 0 Å². The standard InChI is InChI=1S/C16H18Cl2N2O/c17-12-5-6-16(13(18)11-12)21-10-9-20-8-2-4-15(20)14-3-1-7-19-14/h1,3,5-7,11,15,19H,2,4,8-10H2. The van der Waals surface area contributed by atoms with E-state index in [1.165, 1.54) is 18.5 Å². The molecule has 2 aromatic rings. The van der Waals surface area contributed by atoms with E-state index in [9.17, 15) is 0 Å². The SMILES string of the molecule is Clc1ccc(OCCN2CCCC2c2ccc[nH]2)c(Cl)c1. The average molecular weight is 325 g/mol. The summed E-state index contributed by atoms with van der Waals surface area (Å²) in [6.07, 6.45) is 4.41. The molecule has 1 atom stereocenters. The summed E-state index contributed by atoms with van der Waals surface area (Å²) in [6, 6.07) is 9.99. The molecular formula is C16H18Cl2N2O. The number of ether oxygens (including phenoxy) is 1. The Hall–Kier alpha value is -1.16. The van der Waals surface area contributed by atoms with Crippen LogP contribution in [0, 0.1) is 0 Å². The molecule has 1 N–H and O–H groups in total. The molecule has 3 nitrogen and oxygen atoms in total. The molecule has 1 saturated heterocycles. The molecular weight excluding hydrogens is 307 g/mol. The van der Waals surface area contributed by atoms with E-state index >= 15 is 0 Å². The van der Waals surface area contributed by atoms with Gasteiger partial charge in [0.1, 0.15) is 12.4 Å². The van der Waals surface area contributed by atoms with Crippen LogP contribution in [-0.4, -0.2) is 29.6 Å². The lowest BCUT2D eigenvalue weighted by atomic mass is 10.1. The number of halogens is 2. The van der Waals surface area contributed by atoms with Crippen molar-refractivity contribution in [2.24, 2.45) is 0 Å². The zero-order chi connectivity index (χ0) is 14.7. The van der Waals surface area contributed by atoms with E-state index in [4.69, 9.17) is 27.9 Å². The molecule has 1 aliphatic rings. The summed E-state index contributed by atoms with van der Waals surface area (Å²) in [5, 5.41) is 1.18. The normalized spacial score (nSPS) is 19.0. The fourth-order valence-electron chi connectivity index (χ4n) is 2.86. The van der Waals surface area contributed by atoms with Gasteiger partial charge in [0.15, 0.2) is 0 Å². The molecule has 1 aromatic carbocycles. The number of benzene rings is 1. The van der Waals surface area contributed by atoms with Crippen LogP contribution in [0.1, 0.15) is 24.6 Å². The van der Waals surface area contributed by atoms with Gasteiger partial charge in [0.05, 0.1) is 5.02 Å². The maximum Gasteiger partial charge on any atom is 0.138 e. The van der Waals surface area contributed by atoms with Crippen molar-refractivity contribution in [3.8, 4) is 5.75 Å². The van der Waals surface area contributed by atoms with E-state index in [2.05, 4.69) is 22.0 Å². The average Bonchev–Trinajstić information content (AvgIpc) is 3.11. The van der Waals surface area contributed by atoms with Crippen LogP contribution in [0.3, 0.4) is 0 Å². The van der Waals surface area contributed by atoms with E-state index in [1.54, 1.807) is 12.1 Å². The van der Waals surface area contributed by atoms with Crippen molar-refractivity contribution in [2.75, 3.05) is 19.7 Å². The predicted molar refractivity (Wildman–Crippen MR) is 86.3 cm³/mol. The highest BCUT2D eigenvalue weighted by molar-refractivity contribution is 6.35. The summed E-state index contributed by atoms with van der Waals surface area (Å²) in [7, 11) is 0. The molecule has 3 rings (SSSR count). The number of hydrogen-bond donors (Lipinski definition) is 1. The lowest BCUT2D eigenvalue weighted by Gasteiger charge is -2.23. The van der Waals surface area contributed by atoms with Crippen molar-refractivity contribution < 1.29 is 4.74 Å². The molecule has 0 saturated carbocycles. The Kier molecular flexibility index (Phi) is 4.73. The van der Waals surface area contributed by atoms with E-state index in [0.29, 0.717) is 28.4 Å². The smallest absolute Gasteiger partial charge is 0.138 e. The summed E-state index contributed by atoms with van der Waals surface area (Å²) in [5.74, 6) is 0.691. The number of H-pyrrole nitrogens is 1. The molecule has 1 aromatic heterocycles. The molecule has 0 spiro atoms. The molecule has 0 aliphatic carbocycles. The Morgan fingerprint density at radius 3 is 2.95 bits per heavy atom. The highest BCUT2D eigenvalue weighted by atomic mass is 35.5. The summed E-state index contributed by atoms with van der Waals surface area (Å²) in [5.41, 5.74) is 1.29. The Bertz CT molecular complexity index is 586. The first-order valence-electron chi connectivity index (χ1n) is 7.19. The van der Waals surface area contributed by atoms with Gasteiger partial charge < -0.3 is 9.72 Å². The topological polar surface area (TPSA) is 28.3 Å². The van der Waals surface area contributed by atoms with Crippen molar-refractivity contribution in [1.82, 2.24) is 9.88 Å². The number of hydrogen-bond acceptors (Lipinski definition) is 2. The molecule has 0 amide bonds. The minimum Gasteiger partial charge on any atom is -0.491 e. The number of nitrogens with one attached hydrogen (secondary N) is 1. The Morgan fingerprint density at radius 2 is 2.19 bits per heavy atom. The molecule has 0 radical (unpaired) electrons. The van der Waals surface area contributed by atoms with Gasteiger partial charge in [-0.3, -0.25) is 4.90 Å². The minimum absolute atomic E-state index is 0.476. The number of rotatable bonds is 5. The second-order valence-electron chi connectivity index (χ2n) is 5.24. The van der Waals surface area contributed by atoms with Crippen LogP contribution in [0.15, 0.2) is 36.5 Å². The molecule has 21 heavy (non-hydrogen) atoms. The maximum atomic E-state index is 6.11. The third-order valence-electron chi connectivity index (χ3n) is 3.87. The summed E-state index contributed by atoms with van der Waals surface area (Å²) < 4.78 is 5.78. The van der Waals surface area contributed by atoms with Gasteiger partial charge in [-0.25, -0.2) is 0 Å². The summed E-state index contributed by atoms with van der Waals surface area (Å²) >= 11 is 12.0. The van der Waals surface area contributed by atoms with Gasteiger partial charge in [-0.05, 0) is 49.7 Å². The van der Waals surface area contributed by atoms with Crippen LogP contribution < -0.4 is 4.74 Å². The van der Waals surface area contributed by atoms with Gasteiger partial charge >= 0.3 is 0 Å². The van der Waals surface area contributed by atoms with Gasteiger partial charge in [-0.15, -0.1) is 0 Å². The molecule has 2 heterocycles. The largest absolute Gasteiger partial charge is 0.491 e. The van der Waals surface area contributed by atoms with Gasteiger partial charge in [-0.2, -0.15) is 0 Å². The zero-order valence-electron chi connectivity index (χ0n) is 11.7. The highest BCUT2D eigenvalue weighted by Gasteiger charge is 2.26. The number of aromatic amines is 1. The molecule has 1 fully saturated rings. The Labute approximate surface area is 134 Å². The Balaban J connectivity index is 1.55. The van der Waals surface area contributed by atoms with Crippen LogP contribution in [0.5, 0.6) is 5.75 Å². The molecule has 1 unspecified atom stereocenters. The van der Waals surface area contributed by atoms with Crippen molar-refractivity contribution >= 4 is 23.2 Å². The van der Waals surface area contributed by atoms with Crippen molar-refractivity contribution in [3.63, 3.8) is 0 Å². The van der Waals surface area contributed by atoms with E-state index in [-0.39, 0.29) is 0 Å².